The summed E-state index contributed by atoms with van der Waals surface area (Å²) in [7, 11) is -2.61. The van der Waals surface area contributed by atoms with Crippen molar-refractivity contribution in [2.45, 2.75) is 50.7 Å². The van der Waals surface area contributed by atoms with E-state index in [0.717, 1.165) is 18.2 Å². The molecule has 1 aromatic heterocycles. The second-order valence-corrected chi connectivity index (χ2v) is 14.3. The number of urea groups is 1. The third-order valence-corrected chi connectivity index (χ3v) is 10.2. The molecule has 2 N–H and O–H groups in total. The fourth-order valence-electron chi connectivity index (χ4n) is 5.57. The highest BCUT2D eigenvalue weighted by Crippen LogP contribution is 2.23. The van der Waals surface area contributed by atoms with Gasteiger partial charge in [0, 0.05) is 62.1 Å². The molecule has 43 heavy (non-hydrogen) atoms. The molecule has 16 heteroatoms. The van der Waals surface area contributed by atoms with Crippen LogP contribution in [0.25, 0.3) is 6.08 Å². The first-order valence-electron chi connectivity index (χ1n) is 14.4. The minimum Gasteiger partial charge on any atom is -0.467 e. The molecule has 0 radical (unpaired) electrons. The molecule has 238 valence electrons. The van der Waals surface area contributed by atoms with Crippen LogP contribution in [0.1, 0.15) is 37.5 Å². The number of amides is 4. The van der Waals surface area contributed by atoms with Crippen molar-refractivity contribution in [3.63, 3.8) is 0 Å². The number of hydrogen-bond acceptors (Lipinski definition) is 9. The number of piperidine rings is 1. The average molecular weight is 659 g/mol. The maximum absolute atomic E-state index is 13.3. The fraction of sp³-hybridized carbons (Fsp3) is 0.630. The molecule has 0 bridgehead atoms. The standard InChI is InChI=1S/C27H39ClN6O7S2/c1-19(26(37)41-2)29-27(38)32-14-12-31(13-15-32)17-20-5-3-11-34(20)24(35)18-33-10-4-6-22(25(33)36)30-43(39,40)16-9-21-7-8-23(28)42-21/h7-9,16,19-20,22,30H,3-6,10-15,17-18H2,1-2H3,(H,29,38)/t19-,20-,22-/m0/s1. The van der Waals surface area contributed by atoms with Crippen LogP contribution in [-0.2, 0) is 29.1 Å². The molecule has 3 saturated heterocycles. The summed E-state index contributed by atoms with van der Waals surface area (Å²) in [5.41, 5.74) is 0. The number of carbonyl (C=O) groups is 4. The van der Waals surface area contributed by atoms with Crippen molar-refractivity contribution in [1.82, 2.24) is 29.6 Å². The topological polar surface area (TPSA) is 149 Å². The van der Waals surface area contributed by atoms with Gasteiger partial charge in [-0.25, -0.2) is 18.0 Å². The zero-order chi connectivity index (χ0) is 31.1. The van der Waals surface area contributed by atoms with Crippen molar-refractivity contribution in [1.29, 1.82) is 0 Å². The molecule has 0 unspecified atom stereocenters. The molecule has 4 rings (SSSR count). The van der Waals surface area contributed by atoms with Crippen LogP contribution in [0.2, 0.25) is 4.34 Å². The number of halogens is 1. The van der Waals surface area contributed by atoms with Gasteiger partial charge < -0.3 is 24.8 Å². The molecule has 0 aromatic carbocycles. The van der Waals surface area contributed by atoms with Gasteiger partial charge in [0.15, 0.2) is 0 Å². The summed E-state index contributed by atoms with van der Waals surface area (Å²) < 4.78 is 32.9. The van der Waals surface area contributed by atoms with Gasteiger partial charge in [-0.3, -0.25) is 14.5 Å². The number of thiophene rings is 1. The molecule has 13 nitrogen and oxygen atoms in total. The van der Waals surface area contributed by atoms with Gasteiger partial charge in [-0.1, -0.05) is 11.6 Å². The van der Waals surface area contributed by atoms with Crippen LogP contribution in [-0.4, -0.2) is 129 Å². The third-order valence-electron chi connectivity index (χ3n) is 7.89. The Kier molecular flexibility index (Phi) is 11.5. The average Bonchev–Trinajstić information content (AvgIpc) is 3.62. The first-order chi connectivity index (χ1) is 20.5. The Labute approximate surface area is 261 Å². The van der Waals surface area contributed by atoms with Crippen LogP contribution in [0, 0.1) is 0 Å². The van der Waals surface area contributed by atoms with Crippen molar-refractivity contribution in [2.75, 3.05) is 59.5 Å². The summed E-state index contributed by atoms with van der Waals surface area (Å²) in [5.74, 6) is -1.06. The Balaban J connectivity index is 1.25. The van der Waals surface area contributed by atoms with Crippen LogP contribution in [0.4, 0.5) is 4.79 Å². The number of likely N-dealkylation sites (tertiary alicyclic amines) is 2. The lowest BCUT2D eigenvalue weighted by molar-refractivity contribution is -0.143. The Morgan fingerprint density at radius 3 is 2.51 bits per heavy atom. The maximum atomic E-state index is 13.3. The Bertz CT molecular complexity index is 1310. The Hall–Kier alpha value is -2.72. The molecule has 4 amide bonds. The molecule has 0 aliphatic carbocycles. The van der Waals surface area contributed by atoms with Gasteiger partial charge >= 0.3 is 12.0 Å². The van der Waals surface area contributed by atoms with E-state index >= 15 is 0 Å². The van der Waals surface area contributed by atoms with E-state index in [0.29, 0.717) is 67.9 Å². The number of esters is 1. The number of hydrogen-bond donors (Lipinski definition) is 2. The molecule has 0 spiro atoms. The minimum absolute atomic E-state index is 0.00249. The highest BCUT2D eigenvalue weighted by atomic mass is 35.5. The maximum Gasteiger partial charge on any atom is 0.328 e. The molecular weight excluding hydrogens is 620 g/mol. The summed E-state index contributed by atoms with van der Waals surface area (Å²) in [6.07, 6.45) is 4.08. The summed E-state index contributed by atoms with van der Waals surface area (Å²) in [6.45, 7) is 5.41. The van der Waals surface area contributed by atoms with E-state index in [1.807, 2.05) is 4.90 Å². The highest BCUT2D eigenvalue weighted by Gasteiger charge is 2.36. The van der Waals surface area contributed by atoms with Crippen molar-refractivity contribution in [3.05, 3.63) is 26.8 Å². The van der Waals surface area contributed by atoms with E-state index in [4.69, 9.17) is 11.6 Å². The van der Waals surface area contributed by atoms with Crippen LogP contribution in [0.3, 0.4) is 0 Å². The normalized spacial score (nSPS) is 22.7. The van der Waals surface area contributed by atoms with E-state index < -0.39 is 34.0 Å². The van der Waals surface area contributed by atoms with E-state index in [9.17, 15) is 27.6 Å². The van der Waals surface area contributed by atoms with Crippen LogP contribution < -0.4 is 10.0 Å². The van der Waals surface area contributed by atoms with Gasteiger partial charge in [-0.2, -0.15) is 4.72 Å². The zero-order valence-corrected chi connectivity index (χ0v) is 26.8. The largest absolute Gasteiger partial charge is 0.467 e. The van der Waals surface area contributed by atoms with Gasteiger partial charge in [-0.05, 0) is 50.8 Å². The summed E-state index contributed by atoms with van der Waals surface area (Å²) >= 11 is 7.14. The lowest BCUT2D eigenvalue weighted by Crippen LogP contribution is -2.57. The third kappa shape index (κ3) is 9.14. The van der Waals surface area contributed by atoms with E-state index in [1.54, 1.807) is 24.0 Å². The van der Waals surface area contributed by atoms with Crippen LogP contribution in [0.5, 0.6) is 0 Å². The minimum atomic E-state index is -3.88. The molecule has 3 aliphatic rings. The summed E-state index contributed by atoms with van der Waals surface area (Å²) in [5, 5.41) is 3.67. The fourth-order valence-corrected chi connectivity index (χ4v) is 7.64. The number of ether oxygens (including phenoxy) is 1. The Morgan fingerprint density at radius 2 is 1.84 bits per heavy atom. The number of sulfonamides is 1. The number of carbonyl (C=O) groups excluding carboxylic acids is 4. The van der Waals surface area contributed by atoms with Crippen LogP contribution >= 0.6 is 22.9 Å². The molecule has 3 atom stereocenters. The van der Waals surface area contributed by atoms with Crippen LogP contribution in [0.15, 0.2) is 17.5 Å². The van der Waals surface area contributed by atoms with Gasteiger partial charge in [0.1, 0.15) is 12.1 Å². The first kappa shape index (κ1) is 33.2. The second-order valence-electron chi connectivity index (χ2n) is 10.9. The van der Waals surface area contributed by atoms with Gasteiger partial charge in [-0.15, -0.1) is 11.3 Å². The number of methoxy groups -OCH3 is 1. The molecule has 1 aromatic rings. The van der Waals surface area contributed by atoms with Crippen molar-refractivity contribution in [2.24, 2.45) is 0 Å². The van der Waals surface area contributed by atoms with Crippen molar-refractivity contribution < 1.29 is 32.3 Å². The zero-order valence-electron chi connectivity index (χ0n) is 24.4. The summed E-state index contributed by atoms with van der Waals surface area (Å²) in [4.78, 5) is 58.4. The molecule has 4 heterocycles. The van der Waals surface area contributed by atoms with Gasteiger partial charge in [0.05, 0.1) is 18.0 Å². The SMILES string of the molecule is COC(=O)[C@H](C)NC(=O)N1CCN(C[C@@H]2CCCN2C(=O)CN2CCC[C@H](NS(=O)(=O)C=Cc3ccc(Cl)s3)C2=O)CC1. The predicted octanol–water partition coefficient (Wildman–Crippen LogP) is 1.16. The monoisotopic (exact) mass is 658 g/mol. The molecule has 3 fully saturated rings. The number of nitrogens with one attached hydrogen (secondary N) is 2. The van der Waals surface area contributed by atoms with Gasteiger partial charge in [0.2, 0.25) is 21.8 Å². The molecule has 3 aliphatic heterocycles. The quantitative estimate of drug-likeness (QED) is 0.356. The summed E-state index contributed by atoms with van der Waals surface area (Å²) in [6, 6.07) is 1.40. The van der Waals surface area contributed by atoms with E-state index in [-0.39, 0.29) is 24.5 Å². The van der Waals surface area contributed by atoms with E-state index in [1.165, 1.54) is 29.4 Å². The number of nitrogens with zero attached hydrogens (tertiary/aromatic N) is 4. The molecular formula is C27H39ClN6O7S2. The Morgan fingerprint density at radius 1 is 1.12 bits per heavy atom. The van der Waals surface area contributed by atoms with Crippen molar-refractivity contribution >= 4 is 62.9 Å². The lowest BCUT2D eigenvalue weighted by atomic mass is 10.1. The molecule has 0 saturated carbocycles. The number of piperazine rings is 1. The second kappa shape index (κ2) is 14.8. The highest BCUT2D eigenvalue weighted by molar-refractivity contribution is 7.92. The lowest BCUT2D eigenvalue weighted by Gasteiger charge is -2.38. The van der Waals surface area contributed by atoms with Crippen molar-refractivity contribution in [3.8, 4) is 0 Å². The smallest absolute Gasteiger partial charge is 0.328 e. The number of rotatable bonds is 10. The first-order valence-corrected chi connectivity index (χ1v) is 17.1. The predicted molar refractivity (Wildman–Crippen MR) is 163 cm³/mol. The van der Waals surface area contributed by atoms with Gasteiger partial charge in [0.25, 0.3) is 0 Å². The van der Waals surface area contributed by atoms with E-state index in [2.05, 4.69) is 19.7 Å².